The molecule has 0 unspecified atom stereocenters. The fraction of sp³-hybridized carbons (Fsp3) is 0.485. The van der Waals surface area contributed by atoms with Crippen LogP contribution in [-0.2, 0) is 15.7 Å². The van der Waals surface area contributed by atoms with Crippen LogP contribution in [0.25, 0.3) is 33.9 Å². The van der Waals surface area contributed by atoms with E-state index in [9.17, 15) is 31.1 Å². The predicted octanol–water partition coefficient (Wildman–Crippen LogP) is 5.77. The van der Waals surface area contributed by atoms with Crippen molar-refractivity contribution >= 4 is 28.6 Å². The normalized spacial score (nSPS) is 16.8. The number of hydrogen-bond donors (Lipinski definition) is 3. The molecule has 0 radical (unpaired) electrons. The van der Waals surface area contributed by atoms with Gasteiger partial charge in [-0.25, -0.2) is 29.1 Å². The number of piperidine rings is 1. The van der Waals surface area contributed by atoms with Crippen molar-refractivity contribution < 1.29 is 41.0 Å². The standard InChI is InChI=1S/C33H36F6N8O3/c1-46(17-31(18-50-2)6-3-7-31)25-13-23(19-10-20(33(37,38)39)12-21(34)11-19)43-29-27(25)44-28(45-29)24-14-41-26(15-40-24)47-8-4-22(5-9-47)42-16-32(35,36)30(48)49/h10-15,22,42H,3-9,16-18H2,1-2H3,(H,48,49)(H,43,44,45). The number of carboxylic acids is 1. The number of halogens is 6. The molecule has 1 aliphatic carbocycles. The average molecular weight is 707 g/mol. The maximum Gasteiger partial charge on any atom is 0.416 e. The molecule has 1 saturated carbocycles. The molecule has 1 saturated heterocycles. The number of benzene rings is 1. The van der Waals surface area contributed by atoms with Crippen LogP contribution in [0.1, 0.15) is 37.7 Å². The lowest BCUT2D eigenvalue weighted by Crippen LogP contribution is -2.48. The van der Waals surface area contributed by atoms with Gasteiger partial charge in [-0.2, -0.15) is 22.0 Å². The highest BCUT2D eigenvalue weighted by Crippen LogP contribution is 2.43. The molecular weight excluding hydrogens is 670 g/mol. The minimum absolute atomic E-state index is 0.0487. The smallest absolute Gasteiger partial charge is 0.416 e. The van der Waals surface area contributed by atoms with Crippen molar-refractivity contribution in [2.75, 3.05) is 56.7 Å². The SMILES string of the molecule is COCC1(CN(C)c2cc(-c3cc(F)cc(C(F)(F)F)c3)nc3nc(-c4cnc(N5CCC(NCC(F)(F)C(=O)O)CC5)cn4)[nH]c23)CCC1. The Hall–Kier alpha value is -4.51. The zero-order chi connectivity index (χ0) is 35.8. The van der Waals surface area contributed by atoms with Gasteiger partial charge < -0.3 is 29.9 Å². The molecule has 3 N–H and O–H groups in total. The van der Waals surface area contributed by atoms with Crippen LogP contribution in [0.2, 0.25) is 0 Å². The Morgan fingerprint density at radius 3 is 2.42 bits per heavy atom. The molecule has 1 aliphatic heterocycles. The Balaban J connectivity index is 1.27. The van der Waals surface area contributed by atoms with Gasteiger partial charge in [0.2, 0.25) is 0 Å². The molecule has 2 aliphatic rings. The zero-order valence-corrected chi connectivity index (χ0v) is 27.3. The first-order valence-corrected chi connectivity index (χ1v) is 16.1. The molecule has 268 valence electrons. The summed E-state index contributed by atoms with van der Waals surface area (Å²) < 4.78 is 87.7. The highest BCUT2D eigenvalue weighted by Gasteiger charge is 2.40. The van der Waals surface area contributed by atoms with Crippen LogP contribution >= 0.6 is 0 Å². The van der Waals surface area contributed by atoms with Crippen molar-refractivity contribution in [3.8, 4) is 22.8 Å². The largest absolute Gasteiger partial charge is 0.477 e. The molecule has 4 aromatic rings. The number of H-pyrrole nitrogens is 1. The lowest BCUT2D eigenvalue weighted by molar-refractivity contribution is -0.164. The van der Waals surface area contributed by atoms with Gasteiger partial charge in [0, 0.05) is 50.8 Å². The van der Waals surface area contributed by atoms with Gasteiger partial charge in [0.25, 0.3) is 0 Å². The third kappa shape index (κ3) is 7.47. The van der Waals surface area contributed by atoms with E-state index in [0.717, 1.165) is 31.4 Å². The Morgan fingerprint density at radius 1 is 1.08 bits per heavy atom. The lowest BCUT2D eigenvalue weighted by atomic mass is 9.69. The summed E-state index contributed by atoms with van der Waals surface area (Å²) in [6.07, 6.45) is 2.26. The van der Waals surface area contributed by atoms with Crippen LogP contribution in [-0.4, -0.2) is 94.9 Å². The molecule has 1 aromatic carbocycles. The van der Waals surface area contributed by atoms with E-state index in [-0.39, 0.29) is 28.4 Å². The lowest BCUT2D eigenvalue weighted by Gasteiger charge is -2.44. The predicted molar refractivity (Wildman–Crippen MR) is 173 cm³/mol. The van der Waals surface area contributed by atoms with Gasteiger partial charge >= 0.3 is 18.1 Å². The Labute approximate surface area is 283 Å². The van der Waals surface area contributed by atoms with E-state index in [1.54, 1.807) is 19.4 Å². The molecule has 0 spiro atoms. The molecule has 17 heteroatoms. The molecule has 2 fully saturated rings. The summed E-state index contributed by atoms with van der Waals surface area (Å²) in [6, 6.07) is 3.66. The number of hydrogen-bond acceptors (Lipinski definition) is 9. The number of alkyl halides is 5. The van der Waals surface area contributed by atoms with Crippen molar-refractivity contribution in [1.29, 1.82) is 0 Å². The van der Waals surface area contributed by atoms with Gasteiger partial charge in [-0.15, -0.1) is 0 Å². The number of nitrogens with one attached hydrogen (secondary N) is 2. The van der Waals surface area contributed by atoms with Crippen molar-refractivity contribution in [3.05, 3.63) is 48.0 Å². The third-order valence-corrected chi connectivity index (χ3v) is 9.44. The maximum atomic E-state index is 14.5. The first kappa shape index (κ1) is 35.3. The first-order valence-electron chi connectivity index (χ1n) is 16.1. The van der Waals surface area contributed by atoms with Gasteiger partial charge in [0.05, 0.1) is 42.5 Å². The number of imidazole rings is 1. The van der Waals surface area contributed by atoms with Crippen LogP contribution in [0.15, 0.2) is 36.7 Å². The highest BCUT2D eigenvalue weighted by molar-refractivity contribution is 5.91. The van der Waals surface area contributed by atoms with Crippen LogP contribution < -0.4 is 15.1 Å². The second kappa shape index (κ2) is 13.7. The number of anilines is 2. The molecule has 0 bridgehead atoms. The van der Waals surface area contributed by atoms with E-state index in [0.29, 0.717) is 73.7 Å². The second-order valence-corrected chi connectivity index (χ2v) is 13.1. The molecular formula is C33H36F6N8O3. The van der Waals surface area contributed by atoms with Gasteiger partial charge in [-0.1, -0.05) is 6.42 Å². The number of nitrogens with zero attached hydrogens (tertiary/aromatic N) is 6. The molecule has 6 rings (SSSR count). The Bertz CT molecular complexity index is 1840. The molecule has 0 atom stereocenters. The number of ether oxygens (including phenoxy) is 1. The number of aromatic nitrogens is 5. The van der Waals surface area contributed by atoms with Crippen LogP contribution in [0, 0.1) is 11.2 Å². The van der Waals surface area contributed by atoms with E-state index >= 15 is 0 Å². The third-order valence-electron chi connectivity index (χ3n) is 9.44. The van der Waals surface area contributed by atoms with E-state index in [4.69, 9.17) is 9.84 Å². The summed E-state index contributed by atoms with van der Waals surface area (Å²) in [5.74, 6) is -6.20. The summed E-state index contributed by atoms with van der Waals surface area (Å²) >= 11 is 0. The minimum atomic E-state index is -4.76. The van der Waals surface area contributed by atoms with Crippen molar-refractivity contribution in [2.24, 2.45) is 5.41 Å². The highest BCUT2D eigenvalue weighted by atomic mass is 19.4. The van der Waals surface area contributed by atoms with Gasteiger partial charge in [0.15, 0.2) is 11.5 Å². The summed E-state index contributed by atoms with van der Waals surface area (Å²) in [7, 11) is 3.51. The molecule has 11 nitrogen and oxygen atoms in total. The number of aromatic amines is 1. The fourth-order valence-electron chi connectivity index (χ4n) is 6.63. The Morgan fingerprint density at radius 2 is 1.82 bits per heavy atom. The van der Waals surface area contributed by atoms with Gasteiger partial charge in [-0.05, 0) is 49.9 Å². The second-order valence-electron chi connectivity index (χ2n) is 13.1. The number of rotatable bonds is 12. The number of methoxy groups -OCH3 is 1. The minimum Gasteiger partial charge on any atom is -0.477 e. The van der Waals surface area contributed by atoms with E-state index in [1.165, 1.54) is 6.20 Å². The molecule has 50 heavy (non-hydrogen) atoms. The van der Waals surface area contributed by atoms with Crippen LogP contribution in [0.4, 0.5) is 37.8 Å². The summed E-state index contributed by atoms with van der Waals surface area (Å²) in [5, 5.41) is 11.3. The van der Waals surface area contributed by atoms with Crippen LogP contribution in [0.3, 0.4) is 0 Å². The molecule has 0 amide bonds. The number of pyridine rings is 1. The maximum absolute atomic E-state index is 14.5. The van der Waals surface area contributed by atoms with E-state index in [2.05, 4.69) is 30.2 Å². The fourth-order valence-corrected chi connectivity index (χ4v) is 6.63. The Kier molecular flexibility index (Phi) is 9.65. The topological polar surface area (TPSA) is 132 Å². The van der Waals surface area contributed by atoms with Crippen molar-refractivity contribution in [2.45, 2.75) is 50.2 Å². The van der Waals surface area contributed by atoms with Crippen molar-refractivity contribution in [3.63, 3.8) is 0 Å². The van der Waals surface area contributed by atoms with E-state index < -0.39 is 36.0 Å². The summed E-state index contributed by atoms with van der Waals surface area (Å²) in [4.78, 5) is 36.1. The van der Waals surface area contributed by atoms with Gasteiger partial charge in [-0.3, -0.25) is 0 Å². The average Bonchev–Trinajstić information content (AvgIpc) is 3.50. The quantitative estimate of drug-likeness (QED) is 0.156. The number of carbonyl (C=O) groups is 1. The number of fused-ring (bicyclic) bond motifs is 1. The summed E-state index contributed by atoms with van der Waals surface area (Å²) in [6.45, 7) is 1.16. The zero-order valence-electron chi connectivity index (χ0n) is 27.3. The monoisotopic (exact) mass is 706 g/mol. The number of carboxylic acid groups (broad SMARTS) is 1. The molecule has 4 heterocycles. The van der Waals surface area contributed by atoms with Crippen molar-refractivity contribution in [1.82, 2.24) is 30.2 Å². The molecule has 3 aromatic heterocycles. The van der Waals surface area contributed by atoms with E-state index in [1.807, 2.05) is 16.8 Å². The van der Waals surface area contributed by atoms with Gasteiger partial charge in [0.1, 0.15) is 22.8 Å². The summed E-state index contributed by atoms with van der Waals surface area (Å²) in [5.41, 5.74) is 0.520. The first-order chi connectivity index (χ1) is 23.7. The number of aliphatic carboxylic acids is 1. The van der Waals surface area contributed by atoms with Crippen LogP contribution in [0.5, 0.6) is 0 Å².